The Labute approximate surface area is 122 Å². The molecule has 0 aromatic heterocycles. The molecule has 0 heterocycles. The molecule has 0 aliphatic carbocycles. The van der Waals surface area contributed by atoms with Crippen molar-refractivity contribution in [2.75, 3.05) is 26.2 Å². The molecule has 0 saturated carbocycles. The highest BCUT2D eigenvalue weighted by Gasteiger charge is 1.92. The monoisotopic (exact) mass is 274 g/mol. The van der Waals surface area contributed by atoms with E-state index in [1.807, 2.05) is 24.3 Å². The van der Waals surface area contributed by atoms with Crippen LogP contribution in [0.4, 0.5) is 11.4 Å². The van der Waals surface area contributed by atoms with E-state index in [-0.39, 0.29) is 0 Å². The van der Waals surface area contributed by atoms with E-state index in [4.69, 9.17) is 0 Å². The number of hydrogen-bond acceptors (Lipinski definition) is 0. The first kappa shape index (κ1) is 16.2. The maximum atomic E-state index is 3.18. The molecule has 110 valence electrons. The van der Waals surface area contributed by atoms with Gasteiger partial charge in [0.25, 0.3) is 0 Å². The molecule has 1 aromatic rings. The van der Waals surface area contributed by atoms with Gasteiger partial charge in [-0.15, -0.1) is 24.3 Å². The second kappa shape index (κ2) is 9.13. The van der Waals surface area contributed by atoms with Crippen LogP contribution in [-0.4, -0.2) is 48.7 Å². The van der Waals surface area contributed by atoms with Crippen LogP contribution in [0.5, 0.6) is 0 Å². The van der Waals surface area contributed by atoms with Gasteiger partial charge in [-0.3, -0.25) is 0 Å². The minimum atomic E-state index is 0.955. The summed E-state index contributed by atoms with van der Waals surface area (Å²) in [5.74, 6) is 0. The van der Waals surface area contributed by atoms with E-state index in [0.29, 0.717) is 0 Å². The molecule has 0 atom stereocenters. The minimum absolute atomic E-state index is 0.955. The van der Waals surface area contributed by atoms with Gasteiger partial charge >= 0.3 is 0 Å². The van der Waals surface area contributed by atoms with Crippen LogP contribution in [0.1, 0.15) is 27.7 Å². The molecular formula is C16H26N4. The molecule has 0 radical (unpaired) electrons. The van der Waals surface area contributed by atoms with Crippen LogP contribution in [-0.2, 0) is 0 Å². The molecule has 0 spiro atoms. The number of benzene rings is 1. The van der Waals surface area contributed by atoms with Crippen molar-refractivity contribution in [2.24, 2.45) is 0 Å². The van der Waals surface area contributed by atoms with Crippen LogP contribution in [0.25, 0.3) is 0 Å². The number of nitrogens with one attached hydrogen (secondary N) is 2. The van der Waals surface area contributed by atoms with Crippen LogP contribution in [0.2, 0.25) is 0 Å². The van der Waals surface area contributed by atoms with Crippen LogP contribution < -0.4 is 9.98 Å². The summed E-state index contributed by atoms with van der Waals surface area (Å²) in [7, 11) is 0. The molecule has 4 heteroatoms. The Bertz CT molecular complexity index is 374. The maximum absolute atomic E-state index is 3.18. The van der Waals surface area contributed by atoms with Gasteiger partial charge in [0, 0.05) is 0 Å². The Morgan fingerprint density at radius 1 is 0.700 bits per heavy atom. The molecule has 0 bridgehead atoms. The topological polar surface area (TPSA) is 34.4 Å². The summed E-state index contributed by atoms with van der Waals surface area (Å²) in [5.41, 5.74) is 2.07. The second-order valence-electron chi connectivity index (χ2n) is 4.40. The van der Waals surface area contributed by atoms with Gasteiger partial charge < -0.3 is 19.8 Å². The second-order valence-corrected chi connectivity index (χ2v) is 4.40. The van der Waals surface area contributed by atoms with Gasteiger partial charge in [0.15, 0.2) is 0 Å². The SMILES string of the molecule is CCN([C-]=[NH+]c1ccc([NH+]=[C-]N(CC)CC)cc1)CC. The lowest BCUT2D eigenvalue weighted by Crippen LogP contribution is -2.66. The Morgan fingerprint density at radius 2 is 1.00 bits per heavy atom. The summed E-state index contributed by atoms with van der Waals surface area (Å²) in [6, 6.07) is 8.12. The normalized spacial score (nSPS) is 11.4. The minimum Gasteiger partial charge on any atom is -0.407 e. The molecule has 0 aliphatic rings. The van der Waals surface area contributed by atoms with Crippen LogP contribution >= 0.6 is 0 Å². The van der Waals surface area contributed by atoms with Crippen molar-refractivity contribution in [3.05, 3.63) is 24.3 Å². The van der Waals surface area contributed by atoms with Crippen molar-refractivity contribution >= 4 is 24.1 Å². The van der Waals surface area contributed by atoms with Crippen molar-refractivity contribution in [1.29, 1.82) is 0 Å². The van der Waals surface area contributed by atoms with Gasteiger partial charge in [-0.2, -0.15) is 0 Å². The Morgan fingerprint density at radius 3 is 1.25 bits per heavy atom. The van der Waals surface area contributed by atoms with Gasteiger partial charge in [0.05, 0.1) is 26.2 Å². The average molecular weight is 274 g/mol. The summed E-state index contributed by atoms with van der Waals surface area (Å²) in [6.07, 6.45) is 6.32. The first-order valence-corrected chi connectivity index (χ1v) is 7.36. The predicted octanol–water partition coefficient (Wildman–Crippen LogP) is -0.395. The summed E-state index contributed by atoms with van der Waals surface area (Å²) in [5, 5.41) is 0. The largest absolute Gasteiger partial charge is 0.407 e. The quantitative estimate of drug-likeness (QED) is 0.293. The molecule has 20 heavy (non-hydrogen) atoms. The summed E-state index contributed by atoms with van der Waals surface area (Å²) in [4.78, 5) is 10.5. The van der Waals surface area contributed by atoms with Crippen molar-refractivity contribution in [3.8, 4) is 0 Å². The third-order valence-corrected chi connectivity index (χ3v) is 3.13. The molecule has 2 N–H and O–H groups in total. The zero-order valence-corrected chi connectivity index (χ0v) is 13.0. The van der Waals surface area contributed by atoms with Crippen molar-refractivity contribution in [2.45, 2.75) is 27.7 Å². The number of rotatable bonds is 8. The molecular weight excluding hydrogens is 248 g/mol. The highest BCUT2D eigenvalue weighted by molar-refractivity contribution is 5.52. The van der Waals surface area contributed by atoms with E-state index in [0.717, 1.165) is 37.6 Å². The third kappa shape index (κ3) is 5.43. The average Bonchev–Trinajstić information content (AvgIpc) is 2.50. The van der Waals surface area contributed by atoms with Crippen molar-refractivity contribution in [3.63, 3.8) is 0 Å². The molecule has 1 aromatic carbocycles. The lowest BCUT2D eigenvalue weighted by Gasteiger charge is -2.14. The van der Waals surface area contributed by atoms with Gasteiger partial charge in [-0.05, 0) is 39.1 Å². The summed E-state index contributed by atoms with van der Waals surface area (Å²) in [6.45, 7) is 12.3. The van der Waals surface area contributed by atoms with Crippen LogP contribution in [0.3, 0.4) is 0 Å². The van der Waals surface area contributed by atoms with Crippen LogP contribution in [0.15, 0.2) is 24.3 Å². The molecule has 0 fully saturated rings. The smallest absolute Gasteiger partial charge is 0.129 e. The van der Waals surface area contributed by atoms with E-state index in [2.05, 4.69) is 60.2 Å². The number of nitrogens with zero attached hydrogens (tertiary/aromatic N) is 2. The van der Waals surface area contributed by atoms with Gasteiger partial charge in [-0.1, -0.05) is 0 Å². The lowest BCUT2D eigenvalue weighted by molar-refractivity contribution is -0.359. The van der Waals surface area contributed by atoms with E-state index >= 15 is 0 Å². The molecule has 1 rings (SSSR count). The predicted molar refractivity (Wildman–Crippen MR) is 83.5 cm³/mol. The first-order chi connectivity index (χ1) is 9.73. The van der Waals surface area contributed by atoms with E-state index in [9.17, 15) is 0 Å². The van der Waals surface area contributed by atoms with Gasteiger partial charge in [0.2, 0.25) is 0 Å². The molecule has 0 amide bonds. The highest BCUT2D eigenvalue weighted by atomic mass is 15.1. The van der Waals surface area contributed by atoms with Gasteiger partial charge in [0.1, 0.15) is 12.7 Å². The van der Waals surface area contributed by atoms with Crippen molar-refractivity contribution in [1.82, 2.24) is 9.80 Å². The van der Waals surface area contributed by atoms with Crippen LogP contribution in [0, 0.1) is 0 Å². The van der Waals surface area contributed by atoms with Gasteiger partial charge in [-0.25, -0.2) is 0 Å². The van der Waals surface area contributed by atoms with E-state index in [1.54, 1.807) is 0 Å². The Balaban J connectivity index is 2.64. The van der Waals surface area contributed by atoms with E-state index in [1.165, 1.54) is 0 Å². The standard InChI is InChI=1S/C16H26N4/c1-5-19(6-2)13-17-15-9-11-16(12-10-15)18-14-20(7-3)8-4/h9-12,17-18H,5-8H2,1-4H3. The fourth-order valence-corrected chi connectivity index (χ4v) is 1.69. The maximum Gasteiger partial charge on any atom is 0.129 e. The molecule has 0 saturated heterocycles. The zero-order valence-electron chi connectivity index (χ0n) is 13.0. The fraction of sp³-hybridized carbons (Fsp3) is 0.500. The van der Waals surface area contributed by atoms with Crippen molar-refractivity contribution < 1.29 is 9.98 Å². The Kier molecular flexibility index (Phi) is 7.40. The van der Waals surface area contributed by atoms with E-state index < -0.39 is 0 Å². The zero-order chi connectivity index (χ0) is 14.8. The summed E-state index contributed by atoms with van der Waals surface area (Å²) < 4.78 is 0. The third-order valence-electron chi connectivity index (χ3n) is 3.13. The molecule has 0 aliphatic heterocycles. The molecule has 4 nitrogen and oxygen atoms in total. The highest BCUT2D eigenvalue weighted by Crippen LogP contribution is 2.02. The fourth-order valence-electron chi connectivity index (χ4n) is 1.69. The Hall–Kier alpha value is -1.84. The molecule has 0 unspecified atom stereocenters. The number of hydrogen-bond donors (Lipinski definition) is 2. The first-order valence-electron chi connectivity index (χ1n) is 7.36. The lowest BCUT2D eigenvalue weighted by atomic mass is 10.3. The summed E-state index contributed by atoms with van der Waals surface area (Å²) >= 11 is 0.